The SMILES string of the molecule is CCc1ccccc1NC(=O)COC(=O)[C@H](Cc1ccccc1)NC(=O)c1ccco1. The fourth-order valence-corrected chi connectivity index (χ4v) is 3.05. The van der Waals surface area contributed by atoms with E-state index in [1.807, 2.05) is 55.5 Å². The zero-order valence-corrected chi connectivity index (χ0v) is 17.2. The Balaban J connectivity index is 1.63. The fraction of sp³-hybridized carbons (Fsp3) is 0.208. The molecule has 31 heavy (non-hydrogen) atoms. The number of esters is 1. The van der Waals surface area contributed by atoms with Gasteiger partial charge in [0, 0.05) is 12.1 Å². The van der Waals surface area contributed by atoms with E-state index < -0.39 is 30.4 Å². The number of aryl methyl sites for hydroxylation is 1. The topological polar surface area (TPSA) is 97.6 Å². The zero-order chi connectivity index (χ0) is 22.1. The Labute approximate surface area is 180 Å². The number of carbonyl (C=O) groups is 3. The minimum absolute atomic E-state index is 0.0831. The lowest BCUT2D eigenvalue weighted by atomic mass is 10.1. The third-order valence-electron chi connectivity index (χ3n) is 4.64. The maximum absolute atomic E-state index is 12.7. The van der Waals surface area contributed by atoms with Gasteiger partial charge in [0.25, 0.3) is 11.8 Å². The summed E-state index contributed by atoms with van der Waals surface area (Å²) in [5.41, 5.74) is 2.50. The Morgan fingerprint density at radius 1 is 0.968 bits per heavy atom. The molecule has 1 heterocycles. The van der Waals surface area contributed by atoms with Crippen molar-refractivity contribution in [3.05, 3.63) is 89.9 Å². The Hall–Kier alpha value is -3.87. The van der Waals surface area contributed by atoms with E-state index in [0.717, 1.165) is 17.5 Å². The number of nitrogens with one attached hydrogen (secondary N) is 2. The molecule has 7 nitrogen and oxygen atoms in total. The molecule has 0 radical (unpaired) electrons. The summed E-state index contributed by atoms with van der Waals surface area (Å²) >= 11 is 0. The molecular weight excluding hydrogens is 396 g/mol. The number of hydrogen-bond donors (Lipinski definition) is 2. The third-order valence-corrected chi connectivity index (χ3v) is 4.64. The predicted molar refractivity (Wildman–Crippen MR) is 116 cm³/mol. The smallest absolute Gasteiger partial charge is 0.329 e. The summed E-state index contributed by atoms with van der Waals surface area (Å²) in [4.78, 5) is 37.3. The summed E-state index contributed by atoms with van der Waals surface area (Å²) in [6.45, 7) is 1.53. The monoisotopic (exact) mass is 420 g/mol. The lowest BCUT2D eigenvalue weighted by molar-refractivity contribution is -0.149. The number of anilines is 1. The normalized spacial score (nSPS) is 11.4. The minimum atomic E-state index is -0.976. The van der Waals surface area contributed by atoms with Crippen molar-refractivity contribution in [3.63, 3.8) is 0 Å². The Kier molecular flexibility index (Phi) is 7.59. The predicted octanol–water partition coefficient (Wildman–Crippen LogP) is 3.37. The number of ether oxygens (including phenoxy) is 1. The number of carbonyl (C=O) groups excluding carboxylic acids is 3. The van der Waals surface area contributed by atoms with Crippen LogP contribution >= 0.6 is 0 Å². The van der Waals surface area contributed by atoms with E-state index in [1.54, 1.807) is 12.1 Å². The summed E-state index contributed by atoms with van der Waals surface area (Å²) in [6.07, 6.45) is 2.35. The largest absolute Gasteiger partial charge is 0.459 e. The van der Waals surface area contributed by atoms with Crippen molar-refractivity contribution in [1.29, 1.82) is 0 Å². The number of furan rings is 1. The molecule has 0 fully saturated rings. The maximum Gasteiger partial charge on any atom is 0.329 e. The molecule has 0 aliphatic heterocycles. The first-order chi connectivity index (χ1) is 15.1. The quantitative estimate of drug-likeness (QED) is 0.517. The van der Waals surface area contributed by atoms with E-state index in [4.69, 9.17) is 9.15 Å². The van der Waals surface area contributed by atoms with Crippen LogP contribution in [0.2, 0.25) is 0 Å². The van der Waals surface area contributed by atoms with Crippen LogP contribution in [-0.2, 0) is 27.2 Å². The second-order valence-corrected chi connectivity index (χ2v) is 6.86. The molecule has 1 aromatic heterocycles. The Bertz CT molecular complexity index is 1020. The van der Waals surface area contributed by atoms with Gasteiger partial charge in [-0.2, -0.15) is 0 Å². The molecular formula is C24H24N2O5. The van der Waals surface area contributed by atoms with Crippen LogP contribution in [0.4, 0.5) is 5.69 Å². The second kappa shape index (κ2) is 10.8. The van der Waals surface area contributed by atoms with Gasteiger partial charge in [-0.25, -0.2) is 4.79 Å². The highest BCUT2D eigenvalue weighted by Gasteiger charge is 2.25. The molecule has 160 valence electrons. The summed E-state index contributed by atoms with van der Waals surface area (Å²) in [5.74, 6) is -1.61. The molecule has 0 aliphatic carbocycles. The molecule has 0 aliphatic rings. The minimum Gasteiger partial charge on any atom is -0.459 e. The first kappa shape index (κ1) is 21.8. The molecule has 0 spiro atoms. The first-order valence-electron chi connectivity index (χ1n) is 9.99. The Morgan fingerprint density at radius 2 is 1.71 bits per heavy atom. The van der Waals surface area contributed by atoms with Crippen LogP contribution in [0.3, 0.4) is 0 Å². The standard InChI is InChI=1S/C24H24N2O5/c1-2-18-11-6-7-12-19(18)25-22(27)16-31-24(29)20(15-17-9-4-3-5-10-17)26-23(28)21-13-8-14-30-21/h3-14,20H,2,15-16H2,1H3,(H,25,27)(H,26,28)/t20-/m0/s1. The Morgan fingerprint density at radius 3 is 2.42 bits per heavy atom. The summed E-state index contributed by atoms with van der Waals surface area (Å²) in [7, 11) is 0. The number of para-hydroxylation sites is 1. The van der Waals surface area contributed by atoms with Crippen molar-refractivity contribution in [2.45, 2.75) is 25.8 Å². The summed E-state index contributed by atoms with van der Waals surface area (Å²) in [5, 5.41) is 5.37. The van der Waals surface area contributed by atoms with Crippen molar-refractivity contribution in [1.82, 2.24) is 5.32 Å². The van der Waals surface area contributed by atoms with Crippen molar-refractivity contribution >= 4 is 23.5 Å². The van der Waals surface area contributed by atoms with Crippen LogP contribution in [0.25, 0.3) is 0 Å². The van der Waals surface area contributed by atoms with Crippen LogP contribution in [-0.4, -0.2) is 30.4 Å². The lowest BCUT2D eigenvalue weighted by Crippen LogP contribution is -2.44. The highest BCUT2D eigenvalue weighted by Crippen LogP contribution is 2.15. The van der Waals surface area contributed by atoms with E-state index >= 15 is 0 Å². The zero-order valence-electron chi connectivity index (χ0n) is 17.2. The van der Waals surface area contributed by atoms with Crippen LogP contribution in [0, 0.1) is 0 Å². The van der Waals surface area contributed by atoms with Crippen LogP contribution in [0.5, 0.6) is 0 Å². The number of hydrogen-bond acceptors (Lipinski definition) is 5. The lowest BCUT2D eigenvalue weighted by Gasteiger charge is -2.17. The molecule has 7 heteroatoms. The van der Waals surface area contributed by atoms with Crippen LogP contribution in [0.15, 0.2) is 77.4 Å². The van der Waals surface area contributed by atoms with Crippen molar-refractivity contribution in [2.75, 3.05) is 11.9 Å². The van der Waals surface area contributed by atoms with Crippen molar-refractivity contribution in [2.24, 2.45) is 0 Å². The fourth-order valence-electron chi connectivity index (χ4n) is 3.05. The van der Waals surface area contributed by atoms with E-state index in [2.05, 4.69) is 10.6 Å². The van der Waals surface area contributed by atoms with Gasteiger partial charge in [0.1, 0.15) is 6.04 Å². The average Bonchev–Trinajstić information content (AvgIpc) is 3.33. The van der Waals surface area contributed by atoms with E-state index in [9.17, 15) is 14.4 Å². The number of benzene rings is 2. The van der Waals surface area contributed by atoms with Gasteiger partial charge in [0.05, 0.1) is 6.26 Å². The number of rotatable bonds is 9. The average molecular weight is 420 g/mol. The molecule has 3 rings (SSSR count). The molecule has 2 amide bonds. The highest BCUT2D eigenvalue weighted by atomic mass is 16.5. The number of amides is 2. The molecule has 0 bridgehead atoms. The molecule has 0 saturated heterocycles. The van der Waals surface area contributed by atoms with Crippen LogP contribution in [0.1, 0.15) is 28.6 Å². The summed E-state index contributed by atoms with van der Waals surface area (Å²) in [6, 6.07) is 18.7. The molecule has 0 unspecified atom stereocenters. The summed E-state index contributed by atoms with van der Waals surface area (Å²) < 4.78 is 10.3. The van der Waals surface area contributed by atoms with Gasteiger partial charge in [-0.15, -0.1) is 0 Å². The molecule has 2 aromatic carbocycles. The molecule has 0 saturated carbocycles. The highest BCUT2D eigenvalue weighted by molar-refractivity contribution is 5.96. The van der Waals surface area contributed by atoms with E-state index in [-0.39, 0.29) is 12.2 Å². The van der Waals surface area contributed by atoms with Gasteiger partial charge in [0.15, 0.2) is 12.4 Å². The third kappa shape index (κ3) is 6.30. The molecule has 1 atom stereocenters. The van der Waals surface area contributed by atoms with Gasteiger partial charge in [-0.3, -0.25) is 9.59 Å². The van der Waals surface area contributed by atoms with Gasteiger partial charge in [-0.1, -0.05) is 55.5 Å². The molecule has 3 aromatic rings. The van der Waals surface area contributed by atoms with Crippen LogP contribution < -0.4 is 10.6 Å². The van der Waals surface area contributed by atoms with E-state index in [1.165, 1.54) is 12.3 Å². The van der Waals surface area contributed by atoms with Gasteiger partial charge in [-0.05, 0) is 35.7 Å². The molecule has 2 N–H and O–H groups in total. The van der Waals surface area contributed by atoms with Gasteiger partial charge >= 0.3 is 5.97 Å². The van der Waals surface area contributed by atoms with E-state index in [0.29, 0.717) is 5.69 Å². The van der Waals surface area contributed by atoms with Gasteiger partial charge in [0.2, 0.25) is 0 Å². The maximum atomic E-state index is 12.7. The second-order valence-electron chi connectivity index (χ2n) is 6.86. The van der Waals surface area contributed by atoms with Crippen molar-refractivity contribution in [3.8, 4) is 0 Å². The first-order valence-corrected chi connectivity index (χ1v) is 9.99. The van der Waals surface area contributed by atoms with Gasteiger partial charge < -0.3 is 19.8 Å². The van der Waals surface area contributed by atoms with Crippen molar-refractivity contribution < 1.29 is 23.5 Å².